The van der Waals surface area contributed by atoms with Crippen LogP contribution in [0, 0.1) is 3.57 Å². The predicted molar refractivity (Wildman–Crippen MR) is 127 cm³/mol. The quantitative estimate of drug-likeness (QED) is 0.500. The third-order valence-electron chi connectivity index (χ3n) is 5.47. The van der Waals surface area contributed by atoms with Crippen molar-refractivity contribution < 1.29 is 4.74 Å². The van der Waals surface area contributed by atoms with E-state index in [0.717, 1.165) is 33.9 Å². The molecule has 8 nitrogen and oxygen atoms in total. The highest BCUT2D eigenvalue weighted by Gasteiger charge is 2.21. The summed E-state index contributed by atoms with van der Waals surface area (Å²) in [5, 5.41) is 3.30. The van der Waals surface area contributed by atoms with E-state index in [0.29, 0.717) is 12.0 Å². The summed E-state index contributed by atoms with van der Waals surface area (Å²) in [5.41, 5.74) is 2.01. The van der Waals surface area contributed by atoms with Crippen LogP contribution in [0.2, 0.25) is 0 Å². The number of piperidine rings is 1. The van der Waals surface area contributed by atoms with Crippen LogP contribution in [-0.2, 0) is 0 Å². The summed E-state index contributed by atoms with van der Waals surface area (Å²) in [6, 6.07) is 6.91. The van der Waals surface area contributed by atoms with Gasteiger partial charge in [0.25, 0.3) is 0 Å². The van der Waals surface area contributed by atoms with Gasteiger partial charge >= 0.3 is 0 Å². The average molecular weight is 519 g/mol. The zero-order valence-electron chi connectivity index (χ0n) is 17.4. The highest BCUT2D eigenvalue weighted by molar-refractivity contribution is 14.1. The number of benzene rings is 1. The van der Waals surface area contributed by atoms with Crippen LogP contribution in [0.5, 0.6) is 5.75 Å². The van der Waals surface area contributed by atoms with Crippen LogP contribution in [0.15, 0.2) is 43.1 Å². The molecular weight excluding hydrogens is 493 g/mol. The van der Waals surface area contributed by atoms with Gasteiger partial charge in [-0.15, -0.1) is 0 Å². The molecule has 1 aliphatic heterocycles. The zero-order chi connectivity index (χ0) is 21.1. The van der Waals surface area contributed by atoms with Gasteiger partial charge in [-0.1, -0.05) is 0 Å². The van der Waals surface area contributed by atoms with Crippen LogP contribution in [0.1, 0.15) is 12.8 Å². The third kappa shape index (κ3) is 4.51. The topological polar surface area (TPSA) is 71.3 Å². The molecule has 4 rings (SSSR count). The maximum Gasteiger partial charge on any atom is 0.229 e. The number of aromatic nitrogens is 4. The molecule has 0 aliphatic carbocycles. The number of nitrogens with one attached hydrogen (secondary N) is 1. The monoisotopic (exact) mass is 519 g/mol. The summed E-state index contributed by atoms with van der Waals surface area (Å²) < 4.78 is 8.48. The molecule has 9 heteroatoms. The number of anilines is 3. The van der Waals surface area contributed by atoms with Gasteiger partial charge in [0.1, 0.15) is 12.1 Å². The largest absolute Gasteiger partial charge is 0.494 e. The molecule has 0 spiro atoms. The average Bonchev–Trinajstić information content (AvgIpc) is 3.30. The number of imidazole rings is 1. The van der Waals surface area contributed by atoms with Crippen molar-refractivity contribution in [1.82, 2.24) is 24.4 Å². The molecule has 30 heavy (non-hydrogen) atoms. The number of ether oxygens (including phenoxy) is 1. The van der Waals surface area contributed by atoms with Gasteiger partial charge in [-0.25, -0.2) is 9.97 Å². The first-order valence-electron chi connectivity index (χ1n) is 9.92. The fourth-order valence-electron chi connectivity index (χ4n) is 3.72. The van der Waals surface area contributed by atoms with Crippen LogP contribution < -0.4 is 15.0 Å². The van der Waals surface area contributed by atoms with E-state index in [1.807, 2.05) is 16.8 Å². The van der Waals surface area contributed by atoms with Crippen molar-refractivity contribution in [2.75, 3.05) is 44.5 Å². The SMILES string of the molecule is COc1cc(N2CCC(N(C)C)CC2)ccc1Nc1ncc(I)c(-n2ccnc2)n1. The summed E-state index contributed by atoms with van der Waals surface area (Å²) in [6.07, 6.45) is 9.45. The zero-order valence-corrected chi connectivity index (χ0v) is 19.6. The molecule has 0 radical (unpaired) electrons. The summed E-state index contributed by atoms with van der Waals surface area (Å²) in [6.45, 7) is 2.10. The fraction of sp³-hybridized carbons (Fsp3) is 0.381. The molecule has 0 amide bonds. The molecule has 1 aromatic carbocycles. The number of hydrogen-bond acceptors (Lipinski definition) is 7. The Morgan fingerprint density at radius 3 is 2.70 bits per heavy atom. The second-order valence-corrected chi connectivity index (χ2v) is 8.69. The first-order valence-corrected chi connectivity index (χ1v) is 11.0. The maximum absolute atomic E-state index is 5.66. The predicted octanol–water partition coefficient (Wildman–Crippen LogP) is 3.55. The molecule has 1 aliphatic rings. The van der Waals surface area contributed by atoms with Gasteiger partial charge in [0.05, 0.1) is 16.4 Å². The van der Waals surface area contributed by atoms with E-state index in [2.05, 4.69) is 78.9 Å². The standard InChI is InChI=1S/C21H26IN7O/c1-27(2)15-6-9-28(10-7-15)16-4-5-18(19(12-16)30-3)25-21-24-13-17(22)20(26-21)29-11-8-23-14-29/h4-5,8,11-15H,6-7,9-10H2,1-3H3,(H,24,25,26). The van der Waals surface area contributed by atoms with Gasteiger partial charge in [-0.2, -0.15) is 4.98 Å². The Labute approximate surface area is 190 Å². The van der Waals surface area contributed by atoms with E-state index in [9.17, 15) is 0 Å². The maximum atomic E-state index is 5.66. The lowest BCUT2D eigenvalue weighted by molar-refractivity contribution is 0.249. The van der Waals surface area contributed by atoms with Gasteiger partial charge in [0.2, 0.25) is 5.95 Å². The molecule has 3 heterocycles. The van der Waals surface area contributed by atoms with Crippen molar-refractivity contribution >= 4 is 39.9 Å². The highest BCUT2D eigenvalue weighted by atomic mass is 127. The second-order valence-electron chi connectivity index (χ2n) is 7.53. The minimum atomic E-state index is 0.511. The van der Waals surface area contributed by atoms with Crippen molar-refractivity contribution in [1.29, 1.82) is 0 Å². The summed E-state index contributed by atoms with van der Waals surface area (Å²) in [4.78, 5) is 17.9. The lowest BCUT2D eigenvalue weighted by Crippen LogP contribution is -2.41. The van der Waals surface area contributed by atoms with E-state index in [1.54, 1.807) is 25.8 Å². The molecule has 0 bridgehead atoms. The van der Waals surface area contributed by atoms with E-state index < -0.39 is 0 Å². The summed E-state index contributed by atoms with van der Waals surface area (Å²) in [7, 11) is 6.01. The Kier molecular flexibility index (Phi) is 6.38. The van der Waals surface area contributed by atoms with Crippen LogP contribution in [0.3, 0.4) is 0 Å². The van der Waals surface area contributed by atoms with Crippen molar-refractivity contribution in [2.45, 2.75) is 18.9 Å². The normalized spacial score (nSPS) is 14.9. The van der Waals surface area contributed by atoms with Gasteiger partial charge in [0, 0.05) is 49.5 Å². The summed E-state index contributed by atoms with van der Waals surface area (Å²) >= 11 is 2.22. The number of methoxy groups -OCH3 is 1. The Morgan fingerprint density at radius 1 is 1.23 bits per heavy atom. The van der Waals surface area contributed by atoms with E-state index >= 15 is 0 Å². The first-order chi connectivity index (χ1) is 14.5. The lowest BCUT2D eigenvalue weighted by atomic mass is 10.0. The van der Waals surface area contributed by atoms with Gasteiger partial charge < -0.3 is 19.9 Å². The summed E-state index contributed by atoms with van der Waals surface area (Å²) in [5.74, 6) is 2.07. The molecule has 2 aromatic heterocycles. The smallest absolute Gasteiger partial charge is 0.229 e. The van der Waals surface area contributed by atoms with Gasteiger partial charge in [-0.05, 0) is 61.7 Å². The molecular formula is C21H26IN7O. The number of rotatable bonds is 6. The van der Waals surface area contributed by atoms with E-state index in [4.69, 9.17) is 4.74 Å². The number of hydrogen-bond donors (Lipinski definition) is 1. The highest BCUT2D eigenvalue weighted by Crippen LogP contribution is 2.33. The van der Waals surface area contributed by atoms with Crippen LogP contribution in [0.4, 0.5) is 17.3 Å². The van der Waals surface area contributed by atoms with E-state index in [-0.39, 0.29) is 0 Å². The molecule has 0 unspecified atom stereocenters. The molecule has 1 saturated heterocycles. The number of nitrogens with zero attached hydrogens (tertiary/aromatic N) is 6. The van der Waals surface area contributed by atoms with Gasteiger partial charge in [-0.3, -0.25) is 4.57 Å². The third-order valence-corrected chi connectivity index (χ3v) is 6.23. The molecule has 1 N–H and O–H groups in total. The minimum absolute atomic E-state index is 0.511. The number of halogens is 1. The van der Waals surface area contributed by atoms with E-state index in [1.165, 1.54) is 18.5 Å². The molecule has 3 aromatic rings. The van der Waals surface area contributed by atoms with Crippen molar-refractivity contribution in [3.8, 4) is 11.6 Å². The van der Waals surface area contributed by atoms with Crippen molar-refractivity contribution in [3.63, 3.8) is 0 Å². The molecule has 0 saturated carbocycles. The second kappa shape index (κ2) is 9.17. The molecule has 0 atom stereocenters. The Balaban J connectivity index is 1.52. The van der Waals surface area contributed by atoms with Gasteiger partial charge in [0.15, 0.2) is 5.82 Å². The van der Waals surface area contributed by atoms with Crippen molar-refractivity contribution in [2.24, 2.45) is 0 Å². The molecule has 1 fully saturated rings. The Morgan fingerprint density at radius 2 is 2.03 bits per heavy atom. The Hall–Kier alpha value is -2.40. The van der Waals surface area contributed by atoms with Crippen molar-refractivity contribution in [3.05, 3.63) is 46.7 Å². The minimum Gasteiger partial charge on any atom is -0.494 e. The Bertz CT molecular complexity index is 985. The first kappa shape index (κ1) is 20.9. The van der Waals surface area contributed by atoms with Crippen LogP contribution >= 0.6 is 22.6 Å². The molecule has 158 valence electrons. The van der Waals surface area contributed by atoms with Crippen LogP contribution in [-0.4, -0.2) is 64.8 Å². The lowest BCUT2D eigenvalue weighted by Gasteiger charge is -2.36. The fourth-order valence-corrected chi connectivity index (χ4v) is 4.26. The van der Waals surface area contributed by atoms with Crippen LogP contribution in [0.25, 0.3) is 5.82 Å².